The average molecular weight is 460 g/mol. The Morgan fingerprint density at radius 2 is 1.71 bits per heavy atom. The summed E-state index contributed by atoms with van der Waals surface area (Å²) in [4.78, 5) is 24.7. The fourth-order valence-electron chi connectivity index (χ4n) is 4.21. The second kappa shape index (κ2) is 8.57. The first-order valence-corrected chi connectivity index (χ1v) is 12.5. The summed E-state index contributed by atoms with van der Waals surface area (Å²) >= 11 is 1.10. The van der Waals surface area contributed by atoms with Crippen molar-refractivity contribution in [3.05, 3.63) is 58.2 Å². The minimum Gasteiger partial charge on any atom is -0.325 e. The number of thiazole rings is 1. The molecule has 9 heteroatoms. The molecule has 164 valence electrons. The zero-order valence-electron chi connectivity index (χ0n) is 17.4. The molecule has 0 aliphatic carbocycles. The number of carbonyl (C=O) groups is 1. The Labute approximate surface area is 185 Å². The average Bonchev–Trinajstić information content (AvgIpc) is 3.03. The van der Waals surface area contributed by atoms with Crippen molar-refractivity contribution in [2.75, 3.05) is 5.32 Å². The van der Waals surface area contributed by atoms with Gasteiger partial charge in [-0.05, 0) is 63.1 Å². The van der Waals surface area contributed by atoms with Crippen molar-refractivity contribution in [2.24, 2.45) is 0 Å². The predicted molar refractivity (Wildman–Crippen MR) is 123 cm³/mol. The minimum absolute atomic E-state index is 0.0353. The van der Waals surface area contributed by atoms with Gasteiger partial charge >= 0.3 is 4.87 Å². The molecular formula is C22H25N3O4S2. The van der Waals surface area contributed by atoms with Gasteiger partial charge in [0.15, 0.2) is 0 Å². The van der Waals surface area contributed by atoms with Gasteiger partial charge in [0, 0.05) is 17.8 Å². The van der Waals surface area contributed by atoms with Crippen LogP contribution in [0.15, 0.2) is 58.2 Å². The molecule has 2 heterocycles. The SMILES string of the molecule is C[C@@H]1CCC[C@@H](C)N1S(=O)(=O)c1ccc(NC(=O)Cn2c(=O)sc3ccccc32)cc1. The quantitative estimate of drug-likeness (QED) is 0.631. The molecule has 0 spiro atoms. The van der Waals surface area contributed by atoms with Crippen molar-refractivity contribution in [3.8, 4) is 0 Å². The molecule has 0 bridgehead atoms. The standard InChI is InChI=1S/C22H25N3O4S2/c1-15-6-5-7-16(2)25(15)31(28,29)18-12-10-17(11-13-18)23-21(26)14-24-19-8-3-4-9-20(19)30-22(24)27/h3-4,8-13,15-16H,5-7,14H2,1-2H3,(H,23,26)/t15-,16-/m1/s1. The first-order chi connectivity index (χ1) is 14.8. The highest BCUT2D eigenvalue weighted by atomic mass is 32.2. The molecule has 0 saturated carbocycles. The van der Waals surface area contributed by atoms with Crippen LogP contribution in [-0.4, -0.2) is 35.3 Å². The summed E-state index contributed by atoms with van der Waals surface area (Å²) < 4.78 is 30.1. The Bertz CT molecular complexity index is 1250. The molecule has 3 aromatic rings. The van der Waals surface area contributed by atoms with Gasteiger partial charge in [0.05, 0.1) is 15.1 Å². The third kappa shape index (κ3) is 4.30. The Balaban J connectivity index is 1.49. The van der Waals surface area contributed by atoms with E-state index in [0.29, 0.717) is 5.69 Å². The number of para-hydroxylation sites is 1. The number of sulfonamides is 1. The number of aromatic nitrogens is 1. The van der Waals surface area contributed by atoms with Crippen LogP contribution < -0.4 is 10.2 Å². The zero-order valence-corrected chi connectivity index (χ0v) is 19.1. The number of rotatable bonds is 5. The number of benzene rings is 2. The molecule has 0 radical (unpaired) electrons. The number of nitrogens with zero attached hydrogens (tertiary/aromatic N) is 2. The van der Waals surface area contributed by atoms with E-state index in [2.05, 4.69) is 5.32 Å². The van der Waals surface area contributed by atoms with Crippen LogP contribution in [0.5, 0.6) is 0 Å². The Morgan fingerprint density at radius 3 is 2.39 bits per heavy atom. The molecule has 1 aliphatic heterocycles. The summed E-state index contributed by atoms with van der Waals surface area (Å²) in [6, 6.07) is 13.5. The summed E-state index contributed by atoms with van der Waals surface area (Å²) in [7, 11) is -3.60. The summed E-state index contributed by atoms with van der Waals surface area (Å²) in [5, 5.41) is 2.75. The highest BCUT2D eigenvalue weighted by Crippen LogP contribution is 2.30. The van der Waals surface area contributed by atoms with Crippen molar-refractivity contribution < 1.29 is 13.2 Å². The molecule has 1 aromatic heterocycles. The molecular weight excluding hydrogens is 434 g/mol. The molecule has 1 saturated heterocycles. The maximum absolute atomic E-state index is 13.1. The van der Waals surface area contributed by atoms with Gasteiger partial charge in [0.1, 0.15) is 6.54 Å². The van der Waals surface area contributed by atoms with Crippen molar-refractivity contribution in [2.45, 2.75) is 56.6 Å². The lowest BCUT2D eigenvalue weighted by Gasteiger charge is -2.37. The number of anilines is 1. The van der Waals surface area contributed by atoms with Crippen molar-refractivity contribution in [3.63, 3.8) is 0 Å². The maximum Gasteiger partial charge on any atom is 0.308 e. The van der Waals surface area contributed by atoms with Crippen LogP contribution in [-0.2, 0) is 21.4 Å². The second-order valence-corrected chi connectivity index (χ2v) is 10.8. The minimum atomic E-state index is -3.60. The smallest absolute Gasteiger partial charge is 0.308 e. The van der Waals surface area contributed by atoms with E-state index in [-0.39, 0.29) is 34.3 Å². The molecule has 1 N–H and O–H groups in total. The monoisotopic (exact) mass is 459 g/mol. The summed E-state index contributed by atoms with van der Waals surface area (Å²) in [5.41, 5.74) is 1.20. The maximum atomic E-state index is 13.1. The molecule has 1 fully saturated rings. The molecule has 4 rings (SSSR count). The van der Waals surface area contributed by atoms with E-state index >= 15 is 0 Å². The van der Waals surface area contributed by atoms with Gasteiger partial charge in [0.25, 0.3) is 0 Å². The van der Waals surface area contributed by atoms with Crippen molar-refractivity contribution in [1.82, 2.24) is 8.87 Å². The highest BCUT2D eigenvalue weighted by Gasteiger charge is 2.35. The molecule has 31 heavy (non-hydrogen) atoms. The molecule has 2 aromatic carbocycles. The fraction of sp³-hybridized carbons (Fsp3) is 0.364. The number of piperidine rings is 1. The Hall–Kier alpha value is -2.49. The number of amides is 1. The Kier molecular flexibility index (Phi) is 6.00. The van der Waals surface area contributed by atoms with E-state index in [4.69, 9.17) is 0 Å². The van der Waals surface area contributed by atoms with Crippen LogP contribution in [0.2, 0.25) is 0 Å². The van der Waals surface area contributed by atoms with E-state index in [1.807, 2.05) is 38.1 Å². The van der Waals surface area contributed by atoms with E-state index in [1.165, 1.54) is 16.7 Å². The van der Waals surface area contributed by atoms with Crippen molar-refractivity contribution in [1.29, 1.82) is 0 Å². The predicted octanol–water partition coefficient (Wildman–Crippen LogP) is 3.65. The lowest BCUT2D eigenvalue weighted by Crippen LogP contribution is -2.47. The number of hydrogen-bond acceptors (Lipinski definition) is 5. The van der Waals surface area contributed by atoms with Crippen LogP contribution in [0.3, 0.4) is 0 Å². The van der Waals surface area contributed by atoms with Crippen LogP contribution in [0.4, 0.5) is 5.69 Å². The lowest BCUT2D eigenvalue weighted by molar-refractivity contribution is -0.116. The van der Waals surface area contributed by atoms with E-state index in [0.717, 1.165) is 40.8 Å². The van der Waals surface area contributed by atoms with Crippen LogP contribution in [0, 0.1) is 0 Å². The second-order valence-electron chi connectivity index (χ2n) is 7.96. The Morgan fingerprint density at radius 1 is 1.06 bits per heavy atom. The summed E-state index contributed by atoms with van der Waals surface area (Å²) in [5.74, 6) is -0.348. The molecule has 2 atom stereocenters. The topological polar surface area (TPSA) is 88.5 Å². The van der Waals surface area contributed by atoms with Gasteiger partial charge in [-0.15, -0.1) is 0 Å². The van der Waals surface area contributed by atoms with E-state index in [1.54, 1.807) is 16.4 Å². The first kappa shape index (κ1) is 21.7. The number of fused-ring (bicyclic) bond motifs is 1. The largest absolute Gasteiger partial charge is 0.325 e. The molecule has 1 aliphatic rings. The van der Waals surface area contributed by atoms with Crippen LogP contribution in [0.25, 0.3) is 10.2 Å². The van der Waals surface area contributed by atoms with Gasteiger partial charge in [-0.3, -0.25) is 14.2 Å². The first-order valence-electron chi connectivity index (χ1n) is 10.3. The van der Waals surface area contributed by atoms with Gasteiger partial charge in [-0.25, -0.2) is 8.42 Å². The van der Waals surface area contributed by atoms with Crippen LogP contribution in [0.1, 0.15) is 33.1 Å². The van der Waals surface area contributed by atoms with Gasteiger partial charge < -0.3 is 5.32 Å². The third-order valence-corrected chi connectivity index (χ3v) is 8.80. The van der Waals surface area contributed by atoms with Gasteiger partial charge in [-0.2, -0.15) is 4.31 Å². The molecule has 1 amide bonds. The highest BCUT2D eigenvalue weighted by molar-refractivity contribution is 7.89. The normalized spacial score (nSPS) is 20.1. The molecule has 0 unspecified atom stereocenters. The third-order valence-electron chi connectivity index (χ3n) is 5.70. The fourth-order valence-corrected chi connectivity index (χ4v) is 6.98. The van der Waals surface area contributed by atoms with E-state index in [9.17, 15) is 18.0 Å². The number of carbonyl (C=O) groups excluding carboxylic acids is 1. The number of nitrogens with one attached hydrogen (secondary N) is 1. The molecule has 7 nitrogen and oxygen atoms in total. The van der Waals surface area contributed by atoms with Gasteiger partial charge in [-0.1, -0.05) is 29.9 Å². The van der Waals surface area contributed by atoms with Crippen molar-refractivity contribution >= 4 is 43.2 Å². The number of hydrogen-bond donors (Lipinski definition) is 1. The summed E-state index contributed by atoms with van der Waals surface area (Å²) in [6.07, 6.45) is 2.74. The summed E-state index contributed by atoms with van der Waals surface area (Å²) in [6.45, 7) is 3.78. The van der Waals surface area contributed by atoms with Gasteiger partial charge in [0.2, 0.25) is 15.9 Å². The lowest BCUT2D eigenvalue weighted by atomic mass is 10.0. The van der Waals surface area contributed by atoms with E-state index < -0.39 is 10.0 Å². The zero-order chi connectivity index (χ0) is 22.2. The van der Waals surface area contributed by atoms with Crippen LogP contribution >= 0.6 is 11.3 Å².